The van der Waals surface area contributed by atoms with Gasteiger partial charge in [0.2, 0.25) is 5.89 Å². The fourth-order valence-corrected chi connectivity index (χ4v) is 2.54. The first-order chi connectivity index (χ1) is 7.24. The number of hydrogen-bond acceptors (Lipinski definition) is 4. The smallest absolute Gasteiger partial charge is 0.284 e. The molecule has 2 aromatic heterocycles. The van der Waals surface area contributed by atoms with Crippen LogP contribution in [0.5, 0.6) is 0 Å². The summed E-state index contributed by atoms with van der Waals surface area (Å²) in [5, 5.41) is 6.53. The minimum Gasteiger partial charge on any atom is -0.414 e. The lowest BCUT2D eigenvalue weighted by atomic mass is 10.2. The zero-order chi connectivity index (χ0) is 10.7. The van der Waals surface area contributed by atoms with Crippen molar-refractivity contribution in [3.8, 4) is 0 Å². The van der Waals surface area contributed by atoms with Gasteiger partial charge in [0.1, 0.15) is 0 Å². The Balaban J connectivity index is 1.82. The number of rotatable bonds is 4. The fourth-order valence-electron chi connectivity index (χ4n) is 1.27. The number of hydrogen-bond donors (Lipinski definition) is 1. The average Bonchev–Trinajstić information content (AvgIpc) is 2.76. The summed E-state index contributed by atoms with van der Waals surface area (Å²) < 4.78 is 5.99. The van der Waals surface area contributed by atoms with Gasteiger partial charge in [-0.15, -0.1) is 16.4 Å². The molecule has 2 rings (SSSR count). The van der Waals surface area contributed by atoms with Crippen molar-refractivity contribution in [2.24, 2.45) is 0 Å². The van der Waals surface area contributed by atoms with Crippen LogP contribution in [0, 0.1) is 4.84 Å². The third-order valence-corrected chi connectivity index (χ3v) is 3.39. The van der Waals surface area contributed by atoms with E-state index in [1.807, 2.05) is 12.1 Å². The van der Waals surface area contributed by atoms with E-state index in [-0.39, 0.29) is 0 Å². The maximum Gasteiger partial charge on any atom is 0.284 e. The predicted molar refractivity (Wildman–Crippen MR) is 63.0 cm³/mol. The van der Waals surface area contributed by atoms with Crippen LogP contribution in [0.2, 0.25) is 4.34 Å². The van der Waals surface area contributed by atoms with Crippen molar-refractivity contribution >= 4 is 35.2 Å². The number of nitrogens with zero attached hydrogens (tertiary/aromatic N) is 1. The molecule has 2 aromatic rings. The van der Waals surface area contributed by atoms with Gasteiger partial charge in [-0.25, -0.2) is 5.10 Å². The van der Waals surface area contributed by atoms with Gasteiger partial charge < -0.3 is 4.42 Å². The molecule has 0 radical (unpaired) electrons. The number of halogens is 1. The molecule has 0 aliphatic rings. The van der Waals surface area contributed by atoms with E-state index < -0.39 is 0 Å². The van der Waals surface area contributed by atoms with Crippen LogP contribution < -0.4 is 0 Å². The summed E-state index contributed by atoms with van der Waals surface area (Å²) in [7, 11) is 0. The first kappa shape index (κ1) is 10.9. The van der Waals surface area contributed by atoms with Crippen LogP contribution in [0.4, 0.5) is 0 Å². The zero-order valence-electron chi connectivity index (χ0n) is 7.83. The van der Waals surface area contributed by atoms with Crippen LogP contribution in [-0.2, 0) is 12.8 Å². The van der Waals surface area contributed by atoms with Crippen molar-refractivity contribution in [2.75, 3.05) is 0 Å². The molecule has 15 heavy (non-hydrogen) atoms. The highest BCUT2D eigenvalue weighted by Crippen LogP contribution is 2.22. The van der Waals surface area contributed by atoms with E-state index in [0.717, 1.165) is 23.6 Å². The molecule has 0 bridgehead atoms. The second-order valence-corrected chi connectivity index (χ2v) is 5.24. The van der Waals surface area contributed by atoms with Gasteiger partial charge in [-0.2, -0.15) is 0 Å². The largest absolute Gasteiger partial charge is 0.414 e. The van der Waals surface area contributed by atoms with Gasteiger partial charge in [0.15, 0.2) is 0 Å². The molecule has 0 fully saturated rings. The van der Waals surface area contributed by atoms with E-state index in [1.165, 1.54) is 4.88 Å². The quantitative estimate of drug-likeness (QED) is 0.854. The Morgan fingerprint density at radius 2 is 2.33 bits per heavy atom. The fraction of sp³-hybridized carbons (Fsp3) is 0.333. The van der Waals surface area contributed by atoms with Gasteiger partial charge in [0, 0.05) is 11.3 Å². The summed E-state index contributed by atoms with van der Waals surface area (Å²) in [5.74, 6) is 0.669. The summed E-state index contributed by atoms with van der Waals surface area (Å²) in [6.07, 6.45) is 2.77. The highest BCUT2D eigenvalue weighted by Gasteiger charge is 2.01. The Bertz CT molecular complexity index is 488. The molecule has 2 heterocycles. The number of aromatic nitrogens is 2. The van der Waals surface area contributed by atoms with Crippen LogP contribution in [0.25, 0.3) is 0 Å². The summed E-state index contributed by atoms with van der Waals surface area (Å²) in [6, 6.07) is 3.97. The van der Waals surface area contributed by atoms with E-state index in [2.05, 4.69) is 10.2 Å². The SMILES string of the molecule is S=c1[nH]nc(CCCc2ccc(Cl)s2)o1. The van der Waals surface area contributed by atoms with Crippen LogP contribution >= 0.6 is 35.2 Å². The Hall–Kier alpha value is -0.650. The monoisotopic (exact) mass is 260 g/mol. The molecule has 0 unspecified atom stereocenters. The van der Waals surface area contributed by atoms with E-state index in [9.17, 15) is 0 Å². The molecule has 0 atom stereocenters. The molecule has 0 saturated heterocycles. The minimum atomic E-state index is 0.337. The molecule has 3 nitrogen and oxygen atoms in total. The van der Waals surface area contributed by atoms with Crippen molar-refractivity contribution in [3.63, 3.8) is 0 Å². The third-order valence-electron chi connectivity index (χ3n) is 1.93. The van der Waals surface area contributed by atoms with Gasteiger partial charge in [-0.05, 0) is 37.2 Å². The van der Waals surface area contributed by atoms with Crippen LogP contribution in [-0.4, -0.2) is 10.2 Å². The lowest BCUT2D eigenvalue weighted by Gasteiger charge is -1.93. The lowest BCUT2D eigenvalue weighted by Crippen LogP contribution is -1.88. The van der Waals surface area contributed by atoms with E-state index in [4.69, 9.17) is 28.2 Å². The van der Waals surface area contributed by atoms with Crippen molar-refractivity contribution in [1.29, 1.82) is 0 Å². The molecule has 1 N–H and O–H groups in total. The van der Waals surface area contributed by atoms with Crippen LogP contribution in [0.15, 0.2) is 16.5 Å². The van der Waals surface area contributed by atoms with Gasteiger partial charge in [0.05, 0.1) is 4.34 Å². The van der Waals surface area contributed by atoms with E-state index >= 15 is 0 Å². The van der Waals surface area contributed by atoms with Gasteiger partial charge in [-0.1, -0.05) is 11.6 Å². The average molecular weight is 261 g/mol. The Labute approximate surface area is 101 Å². The number of aryl methyl sites for hydroxylation is 2. The number of thiophene rings is 1. The summed E-state index contributed by atoms with van der Waals surface area (Å²) in [4.78, 5) is 1.62. The molecule has 0 aliphatic carbocycles. The molecular weight excluding hydrogens is 252 g/mol. The molecule has 0 amide bonds. The van der Waals surface area contributed by atoms with E-state index in [1.54, 1.807) is 11.3 Å². The summed E-state index contributed by atoms with van der Waals surface area (Å²) >= 11 is 12.2. The molecule has 0 spiro atoms. The first-order valence-corrected chi connectivity index (χ1v) is 6.13. The van der Waals surface area contributed by atoms with Crippen molar-refractivity contribution in [1.82, 2.24) is 10.2 Å². The summed E-state index contributed by atoms with van der Waals surface area (Å²) in [5.41, 5.74) is 0. The zero-order valence-corrected chi connectivity index (χ0v) is 10.2. The molecule has 0 aromatic carbocycles. The van der Waals surface area contributed by atoms with Gasteiger partial charge in [0.25, 0.3) is 4.84 Å². The molecule has 6 heteroatoms. The molecule has 0 aliphatic heterocycles. The molecule has 80 valence electrons. The normalized spacial score (nSPS) is 10.7. The number of aromatic amines is 1. The Morgan fingerprint density at radius 3 is 2.93 bits per heavy atom. The predicted octanol–water partition coefficient (Wildman–Crippen LogP) is 3.62. The highest BCUT2D eigenvalue weighted by molar-refractivity contribution is 7.71. The minimum absolute atomic E-state index is 0.337. The lowest BCUT2D eigenvalue weighted by molar-refractivity contribution is 0.474. The topological polar surface area (TPSA) is 41.8 Å². The molecule has 0 saturated carbocycles. The number of nitrogens with one attached hydrogen (secondary N) is 1. The Kier molecular flexibility index (Phi) is 3.56. The Morgan fingerprint density at radius 1 is 1.47 bits per heavy atom. The van der Waals surface area contributed by atoms with Crippen LogP contribution in [0.3, 0.4) is 0 Å². The second kappa shape index (κ2) is 4.92. The first-order valence-electron chi connectivity index (χ1n) is 4.52. The summed E-state index contributed by atoms with van der Waals surface area (Å²) in [6.45, 7) is 0. The third kappa shape index (κ3) is 3.15. The highest BCUT2D eigenvalue weighted by atomic mass is 35.5. The van der Waals surface area contributed by atoms with Gasteiger partial charge in [-0.3, -0.25) is 0 Å². The van der Waals surface area contributed by atoms with Crippen molar-refractivity contribution < 1.29 is 4.42 Å². The standard InChI is InChI=1S/C9H9ClN2OS2/c10-7-5-4-6(15-7)2-1-3-8-11-12-9(14)13-8/h4-5H,1-3H2,(H,12,14). The van der Waals surface area contributed by atoms with Gasteiger partial charge >= 0.3 is 0 Å². The van der Waals surface area contributed by atoms with Crippen molar-refractivity contribution in [2.45, 2.75) is 19.3 Å². The van der Waals surface area contributed by atoms with E-state index in [0.29, 0.717) is 10.7 Å². The number of H-pyrrole nitrogens is 1. The van der Waals surface area contributed by atoms with Crippen molar-refractivity contribution in [3.05, 3.63) is 32.1 Å². The maximum absolute atomic E-state index is 5.83. The second-order valence-electron chi connectivity index (χ2n) is 3.07. The molecular formula is C9H9ClN2OS2. The van der Waals surface area contributed by atoms with Crippen LogP contribution in [0.1, 0.15) is 17.2 Å². The maximum atomic E-state index is 5.83.